The molecule has 0 fully saturated rings. The van der Waals surface area contributed by atoms with E-state index >= 15 is 0 Å². The average molecular weight is 122 g/mol. The van der Waals surface area contributed by atoms with Crippen LogP contribution in [-0.4, -0.2) is 25.1 Å². The minimum absolute atomic E-state index is 0.726. The van der Waals surface area contributed by atoms with Crippen LogP contribution in [0, 0.1) is 0 Å². The van der Waals surface area contributed by atoms with Gasteiger partial charge in [0.15, 0.2) is 0 Å². The highest BCUT2D eigenvalue weighted by Gasteiger charge is 1.80. The standard InChI is InChI=1S/C5H6N4/c1-2-6-4-8-9-5-7-3-1/h1-3H2. The minimum Gasteiger partial charge on any atom is -0.224 e. The molecule has 1 aliphatic heterocycles. The topological polar surface area (TPSA) is 49.4 Å². The first kappa shape index (κ1) is 5.89. The fourth-order valence-corrected chi connectivity index (χ4v) is 0.437. The first-order chi connectivity index (χ1) is 4.50. The van der Waals surface area contributed by atoms with Crippen molar-refractivity contribution in [2.75, 3.05) is 13.1 Å². The lowest BCUT2D eigenvalue weighted by Gasteiger charge is -1.82. The van der Waals surface area contributed by atoms with E-state index in [0.717, 1.165) is 19.5 Å². The molecule has 0 aliphatic carbocycles. The highest BCUT2D eigenvalue weighted by Crippen LogP contribution is 1.81. The molecule has 1 rings (SSSR count). The van der Waals surface area contributed by atoms with Crippen LogP contribution >= 0.6 is 0 Å². The molecule has 0 aromatic heterocycles. The normalized spacial score (nSPS) is 16.9. The molecule has 0 spiro atoms. The Labute approximate surface area is 52.7 Å². The number of rotatable bonds is 0. The maximum Gasteiger partial charge on any atom is 0.118 e. The molecular formula is C5H6N4. The van der Waals surface area contributed by atoms with Crippen LogP contribution in [0.3, 0.4) is 0 Å². The van der Waals surface area contributed by atoms with Crippen LogP contribution in [0.5, 0.6) is 0 Å². The van der Waals surface area contributed by atoms with Crippen LogP contribution in [0.4, 0.5) is 0 Å². The van der Waals surface area contributed by atoms with Gasteiger partial charge in [0.2, 0.25) is 0 Å². The van der Waals surface area contributed by atoms with Crippen LogP contribution in [0.1, 0.15) is 6.42 Å². The number of hydrogen-bond donors (Lipinski definition) is 0. The lowest BCUT2D eigenvalue weighted by atomic mass is 10.4. The summed E-state index contributed by atoms with van der Waals surface area (Å²) in [4.78, 5) is 7.56. The van der Waals surface area contributed by atoms with Crippen LogP contribution < -0.4 is 0 Å². The fourth-order valence-electron chi connectivity index (χ4n) is 0.437. The largest absolute Gasteiger partial charge is 0.224 e. The zero-order valence-corrected chi connectivity index (χ0v) is 4.91. The van der Waals surface area contributed by atoms with E-state index in [1.165, 1.54) is 0 Å². The molecule has 4 heteroatoms. The number of aliphatic imine (C=N–C) groups is 2. The van der Waals surface area contributed by atoms with Gasteiger partial charge in [0.05, 0.1) is 13.1 Å². The van der Waals surface area contributed by atoms with Crippen molar-refractivity contribution >= 4 is 12.0 Å². The third-order valence-corrected chi connectivity index (χ3v) is 0.821. The average Bonchev–Trinajstić information content (AvgIpc) is 2.00. The molecule has 0 saturated carbocycles. The van der Waals surface area contributed by atoms with Crippen molar-refractivity contribution in [2.24, 2.45) is 20.2 Å². The number of hydrogen-bond acceptors (Lipinski definition) is 4. The maximum atomic E-state index is 3.78. The summed E-state index contributed by atoms with van der Waals surface area (Å²) in [7, 11) is 0. The Kier molecular flexibility index (Phi) is 2.44. The molecule has 0 radical (unpaired) electrons. The smallest absolute Gasteiger partial charge is 0.118 e. The Morgan fingerprint density at radius 2 is 1.44 bits per heavy atom. The Hall–Kier alpha value is -1.24. The van der Waals surface area contributed by atoms with Crippen molar-refractivity contribution in [1.82, 2.24) is 0 Å². The third kappa shape index (κ3) is 2.54. The molecule has 0 amide bonds. The second-order valence-corrected chi connectivity index (χ2v) is 1.52. The van der Waals surface area contributed by atoms with Crippen molar-refractivity contribution in [3.05, 3.63) is 0 Å². The van der Waals surface area contributed by atoms with Gasteiger partial charge in [-0.15, -0.1) is 0 Å². The molecule has 1 heterocycles. The van der Waals surface area contributed by atoms with E-state index in [9.17, 15) is 0 Å². The van der Waals surface area contributed by atoms with Gasteiger partial charge in [-0.05, 0) is 6.42 Å². The summed E-state index contributed by atoms with van der Waals surface area (Å²) in [5, 5.41) is 6.79. The predicted octanol–water partition coefficient (Wildman–Crippen LogP) is 0.653. The lowest BCUT2D eigenvalue weighted by Crippen LogP contribution is -1.82. The van der Waals surface area contributed by atoms with E-state index in [0.29, 0.717) is 0 Å². The molecular weight excluding hydrogens is 116 g/mol. The van der Waals surface area contributed by atoms with Crippen molar-refractivity contribution in [1.29, 1.82) is 0 Å². The van der Waals surface area contributed by atoms with Gasteiger partial charge in [-0.3, -0.25) is 0 Å². The summed E-state index contributed by atoms with van der Waals surface area (Å²) < 4.78 is 0. The van der Waals surface area contributed by atoms with E-state index in [-0.39, 0.29) is 0 Å². The van der Waals surface area contributed by atoms with Gasteiger partial charge in [-0.2, -0.15) is 0 Å². The highest BCUT2D eigenvalue weighted by molar-refractivity contribution is 5.45. The maximum absolute atomic E-state index is 3.78. The number of nitrogens with zero attached hydrogens (tertiary/aromatic N) is 4. The summed E-state index contributed by atoms with van der Waals surface area (Å²) >= 11 is 0. The van der Waals surface area contributed by atoms with E-state index in [1.54, 1.807) is 0 Å². The molecule has 1 aliphatic rings. The van der Waals surface area contributed by atoms with Crippen molar-refractivity contribution < 1.29 is 0 Å². The molecule has 0 aromatic carbocycles. The van der Waals surface area contributed by atoms with Crippen LogP contribution in [0.2, 0.25) is 0 Å². The van der Waals surface area contributed by atoms with Crippen LogP contribution in [-0.2, 0) is 0 Å². The molecule has 4 nitrogen and oxygen atoms in total. The Bertz CT molecular complexity index is 171. The minimum atomic E-state index is 0.726. The molecule has 0 N–H and O–H groups in total. The second-order valence-electron chi connectivity index (χ2n) is 1.52. The molecule has 46 valence electrons. The summed E-state index contributed by atoms with van der Waals surface area (Å²) in [6.45, 7) is 1.45. The summed E-state index contributed by atoms with van der Waals surface area (Å²) in [6, 6.07) is 4.78. The van der Waals surface area contributed by atoms with Gasteiger partial charge in [0.25, 0.3) is 0 Å². The SMILES string of the molecule is C1=NCCCN=C=NN=1. The van der Waals surface area contributed by atoms with Crippen molar-refractivity contribution in [2.45, 2.75) is 6.42 Å². The van der Waals surface area contributed by atoms with E-state index < -0.39 is 0 Å². The van der Waals surface area contributed by atoms with E-state index in [2.05, 4.69) is 32.2 Å². The van der Waals surface area contributed by atoms with Gasteiger partial charge in [0, 0.05) is 0 Å². The molecule has 0 unspecified atom stereocenters. The quantitative estimate of drug-likeness (QED) is 0.453. The summed E-state index contributed by atoms with van der Waals surface area (Å²) in [5.41, 5.74) is 0. The van der Waals surface area contributed by atoms with E-state index in [4.69, 9.17) is 0 Å². The van der Waals surface area contributed by atoms with Crippen LogP contribution in [0.25, 0.3) is 0 Å². The zero-order chi connectivity index (χ0) is 6.36. The molecule has 0 bridgehead atoms. The first-order valence-electron chi connectivity index (χ1n) is 2.73. The molecule has 0 atom stereocenters. The van der Waals surface area contributed by atoms with Gasteiger partial charge in [-0.25, -0.2) is 9.98 Å². The predicted molar refractivity (Wildman–Crippen MR) is 34.1 cm³/mol. The van der Waals surface area contributed by atoms with Gasteiger partial charge < -0.3 is 0 Å². The molecule has 9 heavy (non-hydrogen) atoms. The van der Waals surface area contributed by atoms with E-state index in [1.807, 2.05) is 0 Å². The Balaban J connectivity index is 2.66. The lowest BCUT2D eigenvalue weighted by molar-refractivity contribution is 0.853. The Morgan fingerprint density at radius 1 is 0.889 bits per heavy atom. The zero-order valence-electron chi connectivity index (χ0n) is 4.91. The second kappa shape index (κ2) is 3.72. The highest BCUT2D eigenvalue weighted by atomic mass is 15.2. The third-order valence-electron chi connectivity index (χ3n) is 0.821. The van der Waals surface area contributed by atoms with Crippen molar-refractivity contribution in [3.63, 3.8) is 0 Å². The molecule has 0 saturated heterocycles. The van der Waals surface area contributed by atoms with Gasteiger partial charge >= 0.3 is 0 Å². The fraction of sp³-hybridized carbons (Fsp3) is 0.600. The molecule has 0 aromatic rings. The summed E-state index contributed by atoms with van der Waals surface area (Å²) in [5.74, 6) is 0. The first-order valence-corrected chi connectivity index (χ1v) is 2.73. The summed E-state index contributed by atoms with van der Waals surface area (Å²) in [6.07, 6.45) is 0.922. The monoisotopic (exact) mass is 122 g/mol. The van der Waals surface area contributed by atoms with Crippen molar-refractivity contribution in [3.8, 4) is 0 Å². The van der Waals surface area contributed by atoms with Gasteiger partial charge in [-0.1, -0.05) is 10.2 Å². The Morgan fingerprint density at radius 3 is 2.00 bits per heavy atom. The van der Waals surface area contributed by atoms with Gasteiger partial charge in [0.1, 0.15) is 12.0 Å². The van der Waals surface area contributed by atoms with Crippen LogP contribution in [0.15, 0.2) is 20.2 Å².